The number of nitrogens with one attached hydrogen (secondary N) is 1. The summed E-state index contributed by atoms with van der Waals surface area (Å²) in [5, 5.41) is 12.8. The number of hydrogen-bond acceptors (Lipinski definition) is 5. The molecule has 0 radical (unpaired) electrons. The summed E-state index contributed by atoms with van der Waals surface area (Å²) in [5.41, 5.74) is -2.07. The van der Waals surface area contributed by atoms with Crippen molar-refractivity contribution in [2.45, 2.75) is 39.0 Å². The van der Waals surface area contributed by atoms with Gasteiger partial charge in [0, 0.05) is 24.9 Å². The summed E-state index contributed by atoms with van der Waals surface area (Å²) in [6, 6.07) is 4.38. The maximum absolute atomic E-state index is 14.0. The second-order valence-corrected chi connectivity index (χ2v) is 8.23. The van der Waals surface area contributed by atoms with Gasteiger partial charge in [-0.25, -0.2) is 4.39 Å². The van der Waals surface area contributed by atoms with Crippen molar-refractivity contribution in [1.29, 1.82) is 0 Å². The largest absolute Gasteiger partial charge is 0.503 e. The Kier molecular flexibility index (Phi) is 5.15. The van der Waals surface area contributed by atoms with Crippen LogP contribution in [0.25, 0.3) is 0 Å². The second-order valence-electron chi connectivity index (χ2n) is 7.83. The molecule has 4 rings (SSSR count). The van der Waals surface area contributed by atoms with Gasteiger partial charge in [-0.3, -0.25) is 14.4 Å². The van der Waals surface area contributed by atoms with Gasteiger partial charge in [0.2, 0.25) is 5.43 Å². The van der Waals surface area contributed by atoms with Crippen LogP contribution in [-0.2, 0) is 17.8 Å². The predicted molar refractivity (Wildman–Crippen MR) is 106 cm³/mol. The smallest absolute Gasteiger partial charge is 0.257 e. The molecule has 7 nitrogen and oxygen atoms in total. The Morgan fingerprint density at radius 2 is 2.20 bits per heavy atom. The summed E-state index contributed by atoms with van der Waals surface area (Å²) in [6.07, 6.45) is 2.14. The van der Waals surface area contributed by atoms with E-state index in [0.29, 0.717) is 19.4 Å². The minimum atomic E-state index is -0.947. The Morgan fingerprint density at radius 3 is 2.97 bits per heavy atom. The van der Waals surface area contributed by atoms with E-state index in [0.717, 1.165) is 0 Å². The minimum absolute atomic E-state index is 0.0812. The molecule has 1 fully saturated rings. The van der Waals surface area contributed by atoms with Crippen LogP contribution in [0.1, 0.15) is 46.2 Å². The lowest BCUT2D eigenvalue weighted by Gasteiger charge is -2.44. The Hall–Kier alpha value is -2.71. The van der Waals surface area contributed by atoms with E-state index in [1.165, 1.54) is 22.9 Å². The van der Waals surface area contributed by atoms with Crippen LogP contribution in [0.4, 0.5) is 4.39 Å². The lowest BCUT2D eigenvalue weighted by atomic mass is 9.71. The SMILES string of the molecule is C[C@@]12CCCO[C@@H]1Cn1cc(C(=O)NCc3cccc(Cl)c3F)c(=O)c(O)c1C2=O. The van der Waals surface area contributed by atoms with Gasteiger partial charge in [-0.05, 0) is 25.8 Å². The van der Waals surface area contributed by atoms with Crippen molar-refractivity contribution in [2.75, 3.05) is 6.61 Å². The Labute approximate surface area is 176 Å². The van der Waals surface area contributed by atoms with E-state index in [2.05, 4.69) is 5.32 Å². The molecule has 9 heteroatoms. The van der Waals surface area contributed by atoms with Gasteiger partial charge in [-0.2, -0.15) is 0 Å². The molecule has 2 atom stereocenters. The van der Waals surface area contributed by atoms with Crippen molar-refractivity contribution in [1.82, 2.24) is 9.88 Å². The average Bonchev–Trinajstić information content (AvgIpc) is 2.72. The minimum Gasteiger partial charge on any atom is -0.503 e. The van der Waals surface area contributed by atoms with E-state index in [1.807, 2.05) is 0 Å². The number of benzene rings is 1. The fraction of sp³-hybridized carbons (Fsp3) is 0.381. The number of carbonyl (C=O) groups excluding carboxylic acids is 2. The highest BCUT2D eigenvalue weighted by atomic mass is 35.5. The summed E-state index contributed by atoms with van der Waals surface area (Å²) in [4.78, 5) is 38.3. The number of hydrogen-bond donors (Lipinski definition) is 2. The molecular formula is C21H20ClFN2O5. The number of ether oxygens (including phenoxy) is 1. The van der Waals surface area contributed by atoms with E-state index in [-0.39, 0.29) is 40.7 Å². The summed E-state index contributed by atoms with van der Waals surface area (Å²) in [5.74, 6) is -2.59. The third-order valence-electron chi connectivity index (χ3n) is 5.94. The highest BCUT2D eigenvalue weighted by Crippen LogP contribution is 2.42. The Balaban J connectivity index is 1.65. The zero-order chi connectivity index (χ0) is 21.6. The number of amides is 1. The first-order chi connectivity index (χ1) is 14.2. The van der Waals surface area contributed by atoms with Gasteiger partial charge >= 0.3 is 0 Å². The second kappa shape index (κ2) is 7.52. The fourth-order valence-electron chi connectivity index (χ4n) is 4.12. The van der Waals surface area contributed by atoms with Gasteiger partial charge in [0.1, 0.15) is 17.1 Å². The monoisotopic (exact) mass is 434 g/mol. The highest BCUT2D eigenvalue weighted by Gasteiger charge is 2.49. The van der Waals surface area contributed by atoms with Crippen LogP contribution >= 0.6 is 11.6 Å². The van der Waals surface area contributed by atoms with E-state index >= 15 is 0 Å². The number of nitrogens with zero attached hydrogens (tertiary/aromatic N) is 1. The Bertz CT molecular complexity index is 1120. The van der Waals surface area contributed by atoms with E-state index in [1.54, 1.807) is 13.0 Å². The number of pyridine rings is 1. The molecule has 2 aliphatic heterocycles. The normalized spacial score (nSPS) is 22.9. The fourth-order valence-corrected chi connectivity index (χ4v) is 4.32. The molecule has 0 aliphatic carbocycles. The quantitative estimate of drug-likeness (QED) is 0.774. The number of rotatable bonds is 3. The van der Waals surface area contributed by atoms with Gasteiger partial charge in [0.05, 0.1) is 23.1 Å². The number of aromatic hydroxyl groups is 1. The summed E-state index contributed by atoms with van der Waals surface area (Å²) < 4.78 is 21.2. The van der Waals surface area contributed by atoms with Crippen LogP contribution in [0, 0.1) is 11.2 Å². The standard InChI is InChI=1S/C21H20ClFN2O5/c1-21-6-3-7-30-14(21)10-25-9-12(17(26)18(27)16(25)19(21)28)20(29)24-8-11-4-2-5-13(22)15(11)23/h2,4-5,9,14,27H,3,6-8,10H2,1H3,(H,24,29)/t14-,21-/m1/s1. The lowest BCUT2D eigenvalue weighted by molar-refractivity contribution is -0.0740. The van der Waals surface area contributed by atoms with Crippen LogP contribution < -0.4 is 10.7 Å². The molecule has 3 heterocycles. The van der Waals surface area contributed by atoms with Crippen molar-refractivity contribution in [3.05, 3.63) is 62.3 Å². The van der Waals surface area contributed by atoms with Gasteiger partial charge in [0.25, 0.3) is 5.91 Å². The third-order valence-corrected chi connectivity index (χ3v) is 6.23. The molecule has 158 valence electrons. The van der Waals surface area contributed by atoms with Crippen LogP contribution in [0.5, 0.6) is 5.75 Å². The van der Waals surface area contributed by atoms with Crippen molar-refractivity contribution in [3.63, 3.8) is 0 Å². The Morgan fingerprint density at radius 1 is 1.43 bits per heavy atom. The molecule has 0 bridgehead atoms. The first-order valence-electron chi connectivity index (χ1n) is 9.58. The molecule has 1 amide bonds. The molecular weight excluding hydrogens is 415 g/mol. The maximum atomic E-state index is 14.0. The van der Waals surface area contributed by atoms with Crippen molar-refractivity contribution < 1.29 is 23.8 Å². The molecule has 1 aromatic carbocycles. The van der Waals surface area contributed by atoms with E-state index < -0.39 is 34.4 Å². The molecule has 1 saturated heterocycles. The van der Waals surface area contributed by atoms with Gasteiger partial charge < -0.3 is 19.7 Å². The van der Waals surface area contributed by atoms with Gasteiger partial charge in [-0.1, -0.05) is 23.7 Å². The van der Waals surface area contributed by atoms with Crippen molar-refractivity contribution >= 4 is 23.3 Å². The first kappa shape index (κ1) is 20.6. The van der Waals surface area contributed by atoms with Crippen LogP contribution in [0.15, 0.2) is 29.2 Å². The summed E-state index contributed by atoms with van der Waals surface area (Å²) in [6.45, 7) is 2.32. The van der Waals surface area contributed by atoms with E-state index in [4.69, 9.17) is 16.3 Å². The van der Waals surface area contributed by atoms with Crippen LogP contribution in [-0.4, -0.2) is 34.1 Å². The molecule has 1 aromatic heterocycles. The zero-order valence-corrected chi connectivity index (χ0v) is 17.0. The molecule has 2 aromatic rings. The number of fused-ring (bicyclic) bond motifs is 2. The number of carbonyl (C=O) groups is 2. The van der Waals surface area contributed by atoms with E-state index in [9.17, 15) is 23.9 Å². The zero-order valence-electron chi connectivity index (χ0n) is 16.2. The lowest BCUT2D eigenvalue weighted by Crippen LogP contribution is -2.52. The molecule has 2 N–H and O–H groups in total. The third kappa shape index (κ3) is 3.20. The topological polar surface area (TPSA) is 97.6 Å². The first-order valence-corrected chi connectivity index (χ1v) is 9.95. The number of aromatic nitrogens is 1. The molecule has 0 saturated carbocycles. The molecule has 0 unspecified atom stereocenters. The summed E-state index contributed by atoms with van der Waals surface area (Å²) >= 11 is 5.73. The number of ketones is 1. The van der Waals surface area contributed by atoms with Crippen LogP contribution in [0.3, 0.4) is 0 Å². The number of Topliss-reactive ketones (excluding diaryl/α,β-unsaturated/α-hetero) is 1. The maximum Gasteiger partial charge on any atom is 0.257 e. The van der Waals surface area contributed by atoms with Crippen molar-refractivity contribution in [2.24, 2.45) is 5.41 Å². The van der Waals surface area contributed by atoms with Crippen molar-refractivity contribution in [3.8, 4) is 5.75 Å². The molecule has 30 heavy (non-hydrogen) atoms. The average molecular weight is 435 g/mol. The van der Waals surface area contributed by atoms with Gasteiger partial charge in [-0.15, -0.1) is 0 Å². The van der Waals surface area contributed by atoms with Gasteiger partial charge in [0.15, 0.2) is 11.5 Å². The molecule has 2 aliphatic rings. The highest BCUT2D eigenvalue weighted by molar-refractivity contribution is 6.30. The predicted octanol–water partition coefficient (Wildman–Crippen LogP) is 2.66. The van der Waals surface area contributed by atoms with Crippen LogP contribution in [0.2, 0.25) is 5.02 Å². The summed E-state index contributed by atoms with van der Waals surface area (Å²) in [7, 11) is 0. The number of halogens is 2. The molecule has 0 spiro atoms.